The van der Waals surface area contributed by atoms with Gasteiger partial charge in [-0.1, -0.05) is 12.7 Å². The summed E-state index contributed by atoms with van der Waals surface area (Å²) >= 11 is 0. The summed E-state index contributed by atoms with van der Waals surface area (Å²) in [6.07, 6.45) is 1.32. The van der Waals surface area contributed by atoms with Crippen LogP contribution >= 0.6 is 0 Å². The molecule has 0 unspecified atom stereocenters. The highest BCUT2D eigenvalue weighted by Crippen LogP contribution is 2.25. The van der Waals surface area contributed by atoms with Crippen molar-refractivity contribution in [3.05, 3.63) is 12.7 Å². The highest BCUT2D eigenvalue weighted by atomic mass is 16.6. The number of hydrogen-bond acceptors (Lipinski definition) is 10. The van der Waals surface area contributed by atoms with E-state index in [0.717, 1.165) is 0 Å². The molecule has 0 amide bonds. The first kappa shape index (κ1) is 26.0. The molecule has 0 aliphatic carbocycles. The third-order valence-electron chi connectivity index (χ3n) is 4.25. The second-order valence-corrected chi connectivity index (χ2v) is 7.35. The van der Waals surface area contributed by atoms with Crippen molar-refractivity contribution >= 4 is 17.9 Å². The van der Waals surface area contributed by atoms with Gasteiger partial charge in [0, 0.05) is 0 Å². The molecular formula is C18H30O10. The number of ether oxygens (including phenoxy) is 3. The van der Waals surface area contributed by atoms with Gasteiger partial charge in [-0.3, -0.25) is 14.4 Å². The Labute approximate surface area is 163 Å². The van der Waals surface area contributed by atoms with Gasteiger partial charge in [-0.05, 0) is 20.8 Å². The molecule has 0 aromatic heterocycles. The Hall–Kier alpha value is -2.01. The molecule has 0 aliphatic rings. The van der Waals surface area contributed by atoms with E-state index in [0.29, 0.717) is 0 Å². The Morgan fingerprint density at radius 1 is 0.714 bits per heavy atom. The molecule has 0 bridgehead atoms. The summed E-state index contributed by atoms with van der Waals surface area (Å²) in [5, 5.41) is 37.0. The molecule has 0 aromatic carbocycles. The van der Waals surface area contributed by atoms with Crippen LogP contribution in [0.25, 0.3) is 0 Å². The van der Waals surface area contributed by atoms with E-state index in [1.807, 2.05) is 0 Å². The van der Waals surface area contributed by atoms with Crippen LogP contribution in [0.1, 0.15) is 20.8 Å². The monoisotopic (exact) mass is 406 g/mol. The topological polar surface area (TPSA) is 160 Å². The number of aliphatic hydroxyl groups is 4. The van der Waals surface area contributed by atoms with Crippen LogP contribution in [0.2, 0.25) is 0 Å². The van der Waals surface area contributed by atoms with E-state index in [1.165, 1.54) is 26.8 Å². The maximum atomic E-state index is 12.4. The van der Waals surface area contributed by atoms with Gasteiger partial charge < -0.3 is 34.6 Å². The lowest BCUT2D eigenvalue weighted by Gasteiger charge is -2.30. The van der Waals surface area contributed by atoms with Crippen molar-refractivity contribution < 1.29 is 49.0 Å². The lowest BCUT2D eigenvalue weighted by molar-refractivity contribution is -0.178. The Balaban J connectivity index is 5.33. The second kappa shape index (κ2) is 11.1. The molecule has 0 heterocycles. The van der Waals surface area contributed by atoms with Gasteiger partial charge in [-0.25, -0.2) is 0 Å². The molecule has 0 fully saturated rings. The van der Waals surface area contributed by atoms with E-state index in [-0.39, 0.29) is 6.61 Å². The van der Waals surface area contributed by atoms with Gasteiger partial charge >= 0.3 is 17.9 Å². The zero-order valence-electron chi connectivity index (χ0n) is 16.5. The van der Waals surface area contributed by atoms with E-state index in [4.69, 9.17) is 14.2 Å². The molecule has 0 saturated carbocycles. The molecule has 10 heteroatoms. The maximum absolute atomic E-state index is 12.4. The summed E-state index contributed by atoms with van der Waals surface area (Å²) in [6.45, 7) is 3.29. The van der Waals surface area contributed by atoms with Crippen LogP contribution in [0.4, 0.5) is 0 Å². The Kier molecular flexibility index (Phi) is 10.3. The van der Waals surface area contributed by atoms with Gasteiger partial charge in [-0.15, -0.1) is 0 Å². The second-order valence-electron chi connectivity index (χ2n) is 7.35. The molecule has 0 radical (unpaired) electrons. The summed E-state index contributed by atoms with van der Waals surface area (Å²) in [5.74, 6) is -2.76. The van der Waals surface area contributed by atoms with E-state index in [1.54, 1.807) is 0 Å². The molecule has 0 rings (SSSR count). The summed E-state index contributed by atoms with van der Waals surface area (Å²) < 4.78 is 15.1. The molecule has 162 valence electrons. The average molecular weight is 406 g/mol. The van der Waals surface area contributed by atoms with Crippen LogP contribution in [0.15, 0.2) is 12.7 Å². The molecule has 0 saturated heterocycles. The minimum absolute atomic E-state index is 0.133. The third kappa shape index (κ3) is 6.55. The maximum Gasteiger partial charge on any atom is 0.319 e. The predicted octanol–water partition coefficient (Wildman–Crippen LogP) is -1.21. The fourth-order valence-corrected chi connectivity index (χ4v) is 1.62. The molecule has 0 spiro atoms. The molecule has 0 aliphatic heterocycles. The van der Waals surface area contributed by atoms with Gasteiger partial charge in [0.25, 0.3) is 0 Å². The minimum atomic E-state index is -1.62. The Morgan fingerprint density at radius 3 is 1.32 bits per heavy atom. The van der Waals surface area contributed by atoms with Crippen molar-refractivity contribution in [2.24, 2.45) is 16.2 Å². The fraction of sp³-hybridized carbons (Fsp3) is 0.722. The fourth-order valence-electron chi connectivity index (χ4n) is 1.62. The summed E-state index contributed by atoms with van der Waals surface area (Å²) in [7, 11) is 0. The van der Waals surface area contributed by atoms with Gasteiger partial charge in [0.1, 0.15) is 36.1 Å². The van der Waals surface area contributed by atoms with Gasteiger partial charge in [0.15, 0.2) is 0 Å². The third-order valence-corrected chi connectivity index (χ3v) is 4.25. The number of rotatable bonds is 13. The van der Waals surface area contributed by atoms with Crippen LogP contribution in [-0.4, -0.2) is 84.6 Å². The Morgan fingerprint density at radius 2 is 1.04 bits per heavy atom. The highest BCUT2D eigenvalue weighted by molar-refractivity contribution is 5.81. The van der Waals surface area contributed by atoms with Crippen molar-refractivity contribution in [1.82, 2.24) is 0 Å². The lowest BCUT2D eigenvalue weighted by atomic mass is 9.90. The van der Waals surface area contributed by atoms with E-state index in [2.05, 4.69) is 6.58 Å². The SMILES string of the molecule is C=CCOC(=O)C(C)(COC(=O)C(C)(CO)CO)COC(=O)C(C)(CO)CO. The van der Waals surface area contributed by atoms with Crippen LogP contribution in [0.3, 0.4) is 0 Å². The van der Waals surface area contributed by atoms with Gasteiger partial charge in [0.2, 0.25) is 0 Å². The van der Waals surface area contributed by atoms with Crippen LogP contribution < -0.4 is 0 Å². The van der Waals surface area contributed by atoms with Crippen LogP contribution in [0.5, 0.6) is 0 Å². The van der Waals surface area contributed by atoms with E-state index in [9.17, 15) is 34.8 Å². The standard InChI is InChI=1S/C18H30O10/c1-5-6-26-15(25)18(4,11-27-13(23)16(2,7-19)8-20)12-28-14(24)17(3,9-21)10-22/h5,19-22H,1,6-12H2,2-4H3. The summed E-state index contributed by atoms with van der Waals surface area (Å²) in [5.41, 5.74) is -4.77. The number of carbonyl (C=O) groups is 3. The quantitative estimate of drug-likeness (QED) is 0.166. The first-order chi connectivity index (χ1) is 13.0. The van der Waals surface area contributed by atoms with Crippen molar-refractivity contribution in [3.8, 4) is 0 Å². The summed E-state index contributed by atoms with van der Waals surface area (Å²) in [6, 6.07) is 0. The zero-order valence-corrected chi connectivity index (χ0v) is 16.5. The van der Waals surface area contributed by atoms with E-state index >= 15 is 0 Å². The summed E-state index contributed by atoms with van der Waals surface area (Å²) in [4.78, 5) is 36.6. The average Bonchev–Trinajstić information content (AvgIpc) is 2.72. The molecule has 4 N–H and O–H groups in total. The van der Waals surface area contributed by atoms with Crippen LogP contribution in [-0.2, 0) is 28.6 Å². The number of aliphatic hydroxyl groups excluding tert-OH is 4. The zero-order chi connectivity index (χ0) is 22.0. The van der Waals surface area contributed by atoms with Crippen molar-refractivity contribution in [1.29, 1.82) is 0 Å². The molecule has 0 aromatic rings. The predicted molar refractivity (Wildman–Crippen MR) is 95.7 cm³/mol. The van der Waals surface area contributed by atoms with Gasteiger partial charge in [-0.2, -0.15) is 0 Å². The highest BCUT2D eigenvalue weighted by Gasteiger charge is 2.43. The van der Waals surface area contributed by atoms with Crippen molar-refractivity contribution in [3.63, 3.8) is 0 Å². The van der Waals surface area contributed by atoms with Crippen molar-refractivity contribution in [2.45, 2.75) is 20.8 Å². The molecule has 10 nitrogen and oxygen atoms in total. The van der Waals surface area contributed by atoms with Crippen molar-refractivity contribution in [2.75, 3.05) is 46.2 Å². The van der Waals surface area contributed by atoms with E-state index < -0.39 is 73.8 Å². The largest absolute Gasteiger partial charge is 0.464 e. The van der Waals surface area contributed by atoms with Gasteiger partial charge in [0.05, 0.1) is 26.4 Å². The smallest absolute Gasteiger partial charge is 0.319 e. The lowest BCUT2D eigenvalue weighted by Crippen LogP contribution is -2.45. The first-order valence-corrected chi connectivity index (χ1v) is 8.54. The first-order valence-electron chi connectivity index (χ1n) is 8.54. The number of esters is 3. The molecule has 0 atom stereocenters. The normalized spacial score (nSPS) is 12.2. The molecular weight excluding hydrogens is 376 g/mol. The Bertz CT molecular complexity index is 515. The minimum Gasteiger partial charge on any atom is -0.464 e. The number of carbonyl (C=O) groups excluding carboxylic acids is 3. The van der Waals surface area contributed by atoms with Crippen LogP contribution in [0, 0.1) is 16.2 Å². The number of hydrogen-bond donors (Lipinski definition) is 4. The molecule has 28 heavy (non-hydrogen) atoms.